The second-order valence-corrected chi connectivity index (χ2v) is 6.62. The molecule has 0 N–H and O–H groups in total. The maximum absolute atomic E-state index is 13.6. The fourth-order valence-corrected chi connectivity index (χ4v) is 2.80. The Hall–Kier alpha value is -1.20. The third-order valence-electron chi connectivity index (χ3n) is 2.96. The van der Waals surface area contributed by atoms with Crippen LogP contribution in [0, 0.1) is 5.82 Å². The molecule has 0 spiro atoms. The molecule has 1 heterocycles. The number of thiophene rings is 1. The van der Waals surface area contributed by atoms with Gasteiger partial charge in [0.05, 0.1) is 11.0 Å². The van der Waals surface area contributed by atoms with E-state index in [9.17, 15) is 9.18 Å². The molecule has 106 valence electrons. The number of nitrogens with zero attached hydrogens (tertiary/aromatic N) is 1. The lowest BCUT2D eigenvalue weighted by Gasteiger charge is -2.26. The minimum atomic E-state index is -0.421. The van der Waals surface area contributed by atoms with Gasteiger partial charge in [-0.05, 0) is 59.4 Å². The van der Waals surface area contributed by atoms with Crippen molar-refractivity contribution >= 4 is 33.2 Å². The Kier molecular flexibility index (Phi) is 4.94. The lowest BCUT2D eigenvalue weighted by molar-refractivity contribution is 0.0692. The van der Waals surface area contributed by atoms with Gasteiger partial charge >= 0.3 is 0 Å². The molecule has 2 aromatic rings. The topological polar surface area (TPSA) is 20.3 Å². The number of hydrogen-bond donors (Lipinski definition) is 0. The molecule has 20 heavy (non-hydrogen) atoms. The molecule has 0 saturated carbocycles. The molecule has 0 aliphatic rings. The molecule has 1 aromatic heterocycles. The summed E-state index contributed by atoms with van der Waals surface area (Å²) in [4.78, 5) is 15.4. The molecular formula is C15H15BrFNOS. The lowest BCUT2D eigenvalue weighted by atomic mass is 10.1. The van der Waals surface area contributed by atoms with E-state index in [1.165, 1.54) is 6.07 Å². The summed E-state index contributed by atoms with van der Waals surface area (Å²) in [7, 11) is 0. The zero-order chi connectivity index (χ0) is 14.7. The molecule has 0 saturated heterocycles. The number of amides is 1. The fraction of sp³-hybridized carbons (Fsp3) is 0.267. The van der Waals surface area contributed by atoms with Crippen LogP contribution in [0.25, 0.3) is 0 Å². The molecule has 2 rings (SSSR count). The van der Waals surface area contributed by atoms with Crippen molar-refractivity contribution in [2.24, 2.45) is 0 Å². The molecule has 1 amide bonds. The second-order valence-electron chi connectivity index (χ2n) is 4.74. The van der Waals surface area contributed by atoms with Crippen LogP contribution < -0.4 is 0 Å². The Balaban J connectivity index is 2.24. The van der Waals surface area contributed by atoms with Crippen LogP contribution >= 0.6 is 27.3 Å². The van der Waals surface area contributed by atoms with Crippen molar-refractivity contribution in [2.45, 2.75) is 26.4 Å². The van der Waals surface area contributed by atoms with Crippen LogP contribution in [0.5, 0.6) is 0 Å². The van der Waals surface area contributed by atoms with E-state index in [0.717, 1.165) is 4.88 Å². The van der Waals surface area contributed by atoms with Gasteiger partial charge < -0.3 is 4.90 Å². The molecule has 0 aliphatic heterocycles. The van der Waals surface area contributed by atoms with E-state index in [1.807, 2.05) is 31.4 Å². The van der Waals surface area contributed by atoms with Crippen LogP contribution in [0.15, 0.2) is 40.2 Å². The van der Waals surface area contributed by atoms with Crippen LogP contribution in [-0.4, -0.2) is 16.8 Å². The third kappa shape index (κ3) is 3.46. The van der Waals surface area contributed by atoms with Gasteiger partial charge in [0.1, 0.15) is 5.82 Å². The standard InChI is InChI=1S/C15H15BrFNOS/c1-10(2)18(9-12-4-3-7-20-12)15(19)11-5-6-13(16)14(17)8-11/h3-8,10H,9H2,1-2H3. The van der Waals surface area contributed by atoms with Crippen molar-refractivity contribution in [3.63, 3.8) is 0 Å². The van der Waals surface area contributed by atoms with Crippen LogP contribution in [0.1, 0.15) is 29.1 Å². The number of rotatable bonds is 4. The summed E-state index contributed by atoms with van der Waals surface area (Å²) in [6, 6.07) is 8.48. The SMILES string of the molecule is CC(C)N(Cc1cccs1)C(=O)c1ccc(Br)c(F)c1. The zero-order valence-corrected chi connectivity index (χ0v) is 13.7. The van der Waals surface area contributed by atoms with Gasteiger partial charge in [-0.1, -0.05) is 6.07 Å². The first-order valence-corrected chi connectivity index (χ1v) is 7.94. The first-order chi connectivity index (χ1) is 9.49. The average Bonchev–Trinajstić information content (AvgIpc) is 2.91. The summed E-state index contributed by atoms with van der Waals surface area (Å²) >= 11 is 4.71. The van der Waals surface area contributed by atoms with E-state index in [0.29, 0.717) is 16.6 Å². The largest absolute Gasteiger partial charge is 0.331 e. The van der Waals surface area contributed by atoms with E-state index in [-0.39, 0.29) is 11.9 Å². The maximum Gasteiger partial charge on any atom is 0.254 e. The first-order valence-electron chi connectivity index (χ1n) is 6.27. The summed E-state index contributed by atoms with van der Waals surface area (Å²) in [5, 5.41) is 1.98. The van der Waals surface area contributed by atoms with Gasteiger partial charge in [-0.2, -0.15) is 0 Å². The summed E-state index contributed by atoms with van der Waals surface area (Å²) in [5.74, 6) is -0.574. The van der Waals surface area contributed by atoms with Gasteiger partial charge in [0, 0.05) is 16.5 Å². The van der Waals surface area contributed by atoms with Gasteiger partial charge in [-0.25, -0.2) is 4.39 Å². The van der Waals surface area contributed by atoms with Crippen molar-refractivity contribution in [1.82, 2.24) is 4.90 Å². The Morgan fingerprint density at radius 1 is 1.40 bits per heavy atom. The summed E-state index contributed by atoms with van der Waals surface area (Å²) in [6.07, 6.45) is 0. The summed E-state index contributed by atoms with van der Waals surface area (Å²) in [5.41, 5.74) is 0.371. The molecule has 0 fully saturated rings. The summed E-state index contributed by atoms with van der Waals surface area (Å²) in [6.45, 7) is 4.47. The van der Waals surface area contributed by atoms with E-state index in [2.05, 4.69) is 15.9 Å². The first kappa shape index (κ1) is 15.2. The molecule has 0 aliphatic carbocycles. The lowest BCUT2D eigenvalue weighted by Crippen LogP contribution is -2.36. The van der Waals surface area contributed by atoms with Gasteiger partial charge in [0.2, 0.25) is 0 Å². The normalized spacial score (nSPS) is 10.8. The molecule has 0 radical (unpaired) electrons. The maximum atomic E-state index is 13.6. The monoisotopic (exact) mass is 355 g/mol. The predicted molar refractivity (Wildman–Crippen MR) is 83.4 cm³/mol. The highest BCUT2D eigenvalue weighted by molar-refractivity contribution is 9.10. The van der Waals surface area contributed by atoms with Crippen molar-refractivity contribution < 1.29 is 9.18 Å². The molecule has 1 aromatic carbocycles. The number of carbonyl (C=O) groups excluding carboxylic acids is 1. The number of carbonyl (C=O) groups is 1. The van der Waals surface area contributed by atoms with E-state index >= 15 is 0 Å². The molecule has 0 bridgehead atoms. The van der Waals surface area contributed by atoms with Crippen molar-refractivity contribution in [3.8, 4) is 0 Å². The predicted octanol–water partition coefficient (Wildman–Crippen LogP) is 4.70. The van der Waals surface area contributed by atoms with Gasteiger partial charge in [-0.15, -0.1) is 11.3 Å². The van der Waals surface area contributed by atoms with Gasteiger partial charge in [0.25, 0.3) is 5.91 Å². The highest BCUT2D eigenvalue weighted by Crippen LogP contribution is 2.20. The van der Waals surface area contributed by atoms with E-state index < -0.39 is 5.82 Å². The Morgan fingerprint density at radius 3 is 2.70 bits per heavy atom. The van der Waals surface area contributed by atoms with Crippen molar-refractivity contribution in [2.75, 3.05) is 0 Å². The van der Waals surface area contributed by atoms with E-state index in [4.69, 9.17) is 0 Å². The number of hydrogen-bond acceptors (Lipinski definition) is 2. The Morgan fingerprint density at radius 2 is 2.15 bits per heavy atom. The molecule has 2 nitrogen and oxygen atoms in total. The minimum absolute atomic E-state index is 0.0521. The quantitative estimate of drug-likeness (QED) is 0.778. The minimum Gasteiger partial charge on any atom is -0.331 e. The average molecular weight is 356 g/mol. The molecule has 0 unspecified atom stereocenters. The molecule has 0 atom stereocenters. The number of benzene rings is 1. The third-order valence-corrected chi connectivity index (χ3v) is 4.46. The summed E-state index contributed by atoms with van der Waals surface area (Å²) < 4.78 is 13.9. The Labute approximate surface area is 130 Å². The molecule has 5 heteroatoms. The van der Waals surface area contributed by atoms with Crippen LogP contribution in [-0.2, 0) is 6.54 Å². The van der Waals surface area contributed by atoms with Crippen molar-refractivity contribution in [3.05, 3.63) is 56.4 Å². The number of halogens is 2. The van der Waals surface area contributed by atoms with Crippen LogP contribution in [0.3, 0.4) is 0 Å². The fourth-order valence-electron chi connectivity index (χ4n) is 1.85. The highest BCUT2D eigenvalue weighted by atomic mass is 79.9. The van der Waals surface area contributed by atoms with E-state index in [1.54, 1.807) is 28.4 Å². The second kappa shape index (κ2) is 6.50. The zero-order valence-electron chi connectivity index (χ0n) is 11.3. The van der Waals surface area contributed by atoms with Gasteiger partial charge in [0.15, 0.2) is 0 Å². The van der Waals surface area contributed by atoms with Gasteiger partial charge in [-0.3, -0.25) is 4.79 Å². The van der Waals surface area contributed by atoms with Crippen LogP contribution in [0.4, 0.5) is 4.39 Å². The molecular weight excluding hydrogens is 341 g/mol. The van der Waals surface area contributed by atoms with Crippen molar-refractivity contribution in [1.29, 1.82) is 0 Å². The van der Waals surface area contributed by atoms with Crippen LogP contribution in [0.2, 0.25) is 0 Å². The smallest absolute Gasteiger partial charge is 0.254 e. The Bertz CT molecular complexity index is 598. The highest BCUT2D eigenvalue weighted by Gasteiger charge is 2.20.